The molecule has 0 saturated heterocycles. The fraction of sp³-hybridized carbons (Fsp3) is 0.571. The van der Waals surface area contributed by atoms with Gasteiger partial charge in [-0.1, -0.05) is 19.1 Å². The van der Waals surface area contributed by atoms with Crippen molar-refractivity contribution in [1.29, 1.82) is 0 Å². The van der Waals surface area contributed by atoms with Crippen LogP contribution in [0.2, 0.25) is 0 Å². The second-order valence-corrected chi connectivity index (χ2v) is 4.72. The van der Waals surface area contributed by atoms with Gasteiger partial charge in [-0.05, 0) is 32.0 Å². The predicted molar refractivity (Wildman–Crippen MR) is 72.4 cm³/mol. The molecule has 1 atom stereocenters. The maximum absolute atomic E-state index is 14.1. The Morgan fingerprint density at radius 2 is 1.95 bits per heavy atom. The number of anilines is 1. The molecule has 0 aliphatic rings. The fourth-order valence-electron chi connectivity index (χ4n) is 2.13. The first-order chi connectivity index (χ1) is 9.30. The Morgan fingerprint density at radius 1 is 1.30 bits per heavy atom. The van der Waals surface area contributed by atoms with Gasteiger partial charge < -0.3 is 10.2 Å². The third-order valence-electron chi connectivity index (χ3n) is 3.10. The van der Waals surface area contributed by atoms with Gasteiger partial charge in [-0.15, -0.1) is 0 Å². The average molecular weight is 292 g/mol. The van der Waals surface area contributed by atoms with Crippen LogP contribution in [0.3, 0.4) is 0 Å². The van der Waals surface area contributed by atoms with E-state index in [1.54, 1.807) is 27.0 Å². The van der Waals surface area contributed by atoms with Gasteiger partial charge in [0, 0.05) is 12.6 Å². The highest BCUT2D eigenvalue weighted by Crippen LogP contribution is 2.31. The van der Waals surface area contributed by atoms with Crippen LogP contribution in [0.5, 0.6) is 0 Å². The first kappa shape index (κ1) is 16.8. The molecule has 0 spiro atoms. The van der Waals surface area contributed by atoms with Crippen LogP contribution in [0.25, 0.3) is 0 Å². The standard InChI is InChI=1S/C14H20F4N2/c1-4-8-20(9-14(16,17)18)13-11(10(2)19-3)6-5-7-12(13)15/h5-7,10,19H,4,8-9H2,1-3H3. The molecule has 1 aromatic carbocycles. The molecule has 114 valence electrons. The van der Waals surface area contributed by atoms with Crippen LogP contribution in [0.15, 0.2) is 18.2 Å². The maximum Gasteiger partial charge on any atom is 0.405 e. The van der Waals surface area contributed by atoms with Crippen molar-refractivity contribution in [3.05, 3.63) is 29.6 Å². The van der Waals surface area contributed by atoms with Crippen molar-refractivity contribution in [2.24, 2.45) is 0 Å². The van der Waals surface area contributed by atoms with Gasteiger partial charge in [-0.2, -0.15) is 13.2 Å². The predicted octanol–water partition coefficient (Wildman–Crippen LogP) is 3.88. The van der Waals surface area contributed by atoms with E-state index in [9.17, 15) is 17.6 Å². The molecule has 0 aliphatic carbocycles. The van der Waals surface area contributed by atoms with Gasteiger partial charge in [0.15, 0.2) is 0 Å². The largest absolute Gasteiger partial charge is 0.405 e. The Bertz CT molecular complexity index is 432. The molecule has 2 nitrogen and oxygen atoms in total. The van der Waals surface area contributed by atoms with Gasteiger partial charge in [0.05, 0.1) is 5.69 Å². The number of rotatable bonds is 6. The molecule has 0 amide bonds. The molecular weight excluding hydrogens is 272 g/mol. The lowest BCUT2D eigenvalue weighted by molar-refractivity contribution is -0.119. The number of hydrogen-bond acceptors (Lipinski definition) is 2. The van der Waals surface area contributed by atoms with Crippen molar-refractivity contribution in [3.8, 4) is 0 Å². The minimum atomic E-state index is -4.36. The van der Waals surface area contributed by atoms with Crippen molar-refractivity contribution in [3.63, 3.8) is 0 Å². The van der Waals surface area contributed by atoms with Crippen molar-refractivity contribution < 1.29 is 17.6 Å². The molecule has 0 aliphatic heterocycles. The van der Waals surface area contributed by atoms with E-state index in [-0.39, 0.29) is 18.3 Å². The second-order valence-electron chi connectivity index (χ2n) is 4.72. The lowest BCUT2D eigenvalue weighted by Gasteiger charge is -2.29. The van der Waals surface area contributed by atoms with Crippen molar-refractivity contribution in [2.45, 2.75) is 32.5 Å². The number of benzene rings is 1. The lowest BCUT2D eigenvalue weighted by Crippen LogP contribution is -2.36. The Balaban J connectivity index is 3.24. The van der Waals surface area contributed by atoms with E-state index in [1.807, 2.05) is 0 Å². The van der Waals surface area contributed by atoms with E-state index in [1.165, 1.54) is 12.1 Å². The Morgan fingerprint density at radius 3 is 2.45 bits per heavy atom. The van der Waals surface area contributed by atoms with Gasteiger partial charge in [-0.25, -0.2) is 4.39 Å². The summed E-state index contributed by atoms with van der Waals surface area (Å²) in [5, 5.41) is 2.93. The van der Waals surface area contributed by atoms with E-state index in [0.717, 1.165) is 4.90 Å². The van der Waals surface area contributed by atoms with E-state index in [2.05, 4.69) is 5.32 Å². The van der Waals surface area contributed by atoms with Crippen LogP contribution in [-0.2, 0) is 0 Å². The normalized spacial score (nSPS) is 13.3. The van der Waals surface area contributed by atoms with Crippen LogP contribution >= 0.6 is 0 Å². The lowest BCUT2D eigenvalue weighted by atomic mass is 10.0. The molecule has 1 aromatic rings. The molecule has 0 heterocycles. The smallest absolute Gasteiger partial charge is 0.360 e. The highest BCUT2D eigenvalue weighted by Gasteiger charge is 2.32. The van der Waals surface area contributed by atoms with Crippen LogP contribution in [0, 0.1) is 5.82 Å². The van der Waals surface area contributed by atoms with Gasteiger partial charge in [0.2, 0.25) is 0 Å². The molecule has 1 rings (SSSR count). The molecular formula is C14H20F4N2. The molecule has 0 aromatic heterocycles. The first-order valence-electron chi connectivity index (χ1n) is 6.57. The Hall–Kier alpha value is -1.30. The number of nitrogens with zero attached hydrogens (tertiary/aromatic N) is 1. The quantitative estimate of drug-likeness (QED) is 0.800. The number of hydrogen-bond donors (Lipinski definition) is 1. The summed E-state index contributed by atoms with van der Waals surface area (Å²) in [6.45, 7) is 2.57. The van der Waals surface area contributed by atoms with Crippen molar-refractivity contribution >= 4 is 5.69 Å². The van der Waals surface area contributed by atoms with E-state index < -0.39 is 18.5 Å². The minimum absolute atomic E-state index is 0.0357. The molecule has 0 saturated carbocycles. The zero-order valence-electron chi connectivity index (χ0n) is 11.9. The second kappa shape index (κ2) is 6.92. The number of para-hydroxylation sites is 1. The van der Waals surface area contributed by atoms with Gasteiger partial charge in [-0.3, -0.25) is 0 Å². The summed E-state index contributed by atoms with van der Waals surface area (Å²) in [7, 11) is 1.69. The van der Waals surface area contributed by atoms with Crippen LogP contribution < -0.4 is 10.2 Å². The molecule has 6 heteroatoms. The molecule has 20 heavy (non-hydrogen) atoms. The maximum atomic E-state index is 14.1. The Labute approximate surface area is 116 Å². The summed E-state index contributed by atoms with van der Waals surface area (Å²) < 4.78 is 52.1. The molecule has 1 N–H and O–H groups in total. The van der Waals surface area contributed by atoms with Crippen LogP contribution in [0.4, 0.5) is 23.2 Å². The summed E-state index contributed by atoms with van der Waals surface area (Å²) in [4.78, 5) is 1.07. The monoisotopic (exact) mass is 292 g/mol. The zero-order valence-corrected chi connectivity index (χ0v) is 11.9. The van der Waals surface area contributed by atoms with Gasteiger partial charge in [0.1, 0.15) is 12.4 Å². The van der Waals surface area contributed by atoms with Crippen molar-refractivity contribution in [1.82, 2.24) is 5.32 Å². The topological polar surface area (TPSA) is 15.3 Å². The van der Waals surface area contributed by atoms with E-state index >= 15 is 0 Å². The average Bonchev–Trinajstić information content (AvgIpc) is 2.35. The van der Waals surface area contributed by atoms with Gasteiger partial charge >= 0.3 is 6.18 Å². The van der Waals surface area contributed by atoms with Crippen LogP contribution in [-0.4, -0.2) is 26.3 Å². The highest BCUT2D eigenvalue weighted by molar-refractivity contribution is 5.56. The molecule has 0 fully saturated rings. The fourth-order valence-corrected chi connectivity index (χ4v) is 2.13. The van der Waals surface area contributed by atoms with E-state index in [4.69, 9.17) is 0 Å². The SMILES string of the molecule is CCCN(CC(F)(F)F)c1c(F)cccc1C(C)NC. The first-order valence-corrected chi connectivity index (χ1v) is 6.57. The molecule has 0 bridgehead atoms. The molecule has 0 radical (unpaired) electrons. The van der Waals surface area contributed by atoms with Crippen molar-refractivity contribution in [2.75, 3.05) is 25.0 Å². The van der Waals surface area contributed by atoms with Crippen LogP contribution in [0.1, 0.15) is 31.9 Å². The highest BCUT2D eigenvalue weighted by atomic mass is 19.4. The summed E-state index contributed by atoms with van der Waals surface area (Å²) in [6, 6.07) is 4.13. The third-order valence-corrected chi connectivity index (χ3v) is 3.10. The molecule has 1 unspecified atom stereocenters. The minimum Gasteiger partial charge on any atom is -0.360 e. The summed E-state index contributed by atoms with van der Waals surface area (Å²) in [5.74, 6) is -0.623. The zero-order chi connectivity index (χ0) is 15.3. The van der Waals surface area contributed by atoms with E-state index in [0.29, 0.717) is 12.0 Å². The van der Waals surface area contributed by atoms with Gasteiger partial charge in [0.25, 0.3) is 0 Å². The summed E-state index contributed by atoms with van der Waals surface area (Å²) in [5.41, 5.74) is 0.568. The Kier molecular flexibility index (Phi) is 5.80. The summed E-state index contributed by atoms with van der Waals surface area (Å²) >= 11 is 0. The number of nitrogens with one attached hydrogen (secondary N) is 1. The third kappa shape index (κ3) is 4.37. The summed E-state index contributed by atoms with van der Waals surface area (Å²) in [6.07, 6.45) is -3.85. The number of alkyl halides is 3. The number of halogens is 4.